The van der Waals surface area contributed by atoms with Crippen LogP contribution < -0.4 is 5.32 Å². The molecule has 0 unspecified atom stereocenters. The van der Waals surface area contributed by atoms with Crippen molar-refractivity contribution in [2.75, 3.05) is 13.1 Å². The third-order valence-corrected chi connectivity index (χ3v) is 2.84. The van der Waals surface area contributed by atoms with Gasteiger partial charge in [-0.2, -0.15) is 0 Å². The number of carboxylic acid groups (broad SMARTS) is 1. The lowest BCUT2D eigenvalue weighted by molar-refractivity contribution is -0.137. The summed E-state index contributed by atoms with van der Waals surface area (Å²) in [7, 11) is 0. The van der Waals surface area contributed by atoms with Crippen LogP contribution in [-0.4, -0.2) is 24.2 Å². The molecule has 0 heterocycles. The molecule has 0 radical (unpaired) electrons. The SMILES string of the molecule is CC(C)C(CNCCCC(=O)O)C(C)C. The molecule has 0 aliphatic heterocycles. The highest BCUT2D eigenvalue weighted by molar-refractivity contribution is 5.66. The zero-order chi connectivity index (χ0) is 11.8. The first-order valence-electron chi connectivity index (χ1n) is 5.87. The Morgan fingerprint density at radius 2 is 1.73 bits per heavy atom. The first-order valence-corrected chi connectivity index (χ1v) is 5.87. The highest BCUT2D eigenvalue weighted by Crippen LogP contribution is 2.19. The quantitative estimate of drug-likeness (QED) is 0.611. The Morgan fingerprint density at radius 3 is 2.13 bits per heavy atom. The van der Waals surface area contributed by atoms with Crippen molar-refractivity contribution in [1.82, 2.24) is 5.32 Å². The van der Waals surface area contributed by atoms with Crippen molar-refractivity contribution in [2.45, 2.75) is 40.5 Å². The summed E-state index contributed by atoms with van der Waals surface area (Å²) in [5.74, 6) is 1.32. The second-order valence-corrected chi connectivity index (χ2v) is 4.85. The van der Waals surface area contributed by atoms with Gasteiger partial charge in [0.25, 0.3) is 0 Å². The van der Waals surface area contributed by atoms with Gasteiger partial charge in [-0.15, -0.1) is 0 Å². The van der Waals surface area contributed by atoms with E-state index < -0.39 is 5.97 Å². The Kier molecular flexibility index (Phi) is 7.39. The highest BCUT2D eigenvalue weighted by atomic mass is 16.4. The number of hydrogen-bond donors (Lipinski definition) is 2. The number of rotatable bonds is 8. The summed E-state index contributed by atoms with van der Waals surface area (Å²) in [5, 5.41) is 11.8. The van der Waals surface area contributed by atoms with E-state index in [0.29, 0.717) is 17.8 Å². The lowest BCUT2D eigenvalue weighted by Crippen LogP contribution is -2.30. The van der Waals surface area contributed by atoms with E-state index >= 15 is 0 Å². The fourth-order valence-corrected chi connectivity index (χ4v) is 1.87. The van der Waals surface area contributed by atoms with Gasteiger partial charge in [-0.1, -0.05) is 27.7 Å². The molecule has 3 nitrogen and oxygen atoms in total. The van der Waals surface area contributed by atoms with Gasteiger partial charge >= 0.3 is 5.97 Å². The van der Waals surface area contributed by atoms with Gasteiger partial charge in [-0.25, -0.2) is 0 Å². The van der Waals surface area contributed by atoms with Gasteiger partial charge in [-0.3, -0.25) is 4.79 Å². The van der Waals surface area contributed by atoms with Crippen molar-refractivity contribution in [1.29, 1.82) is 0 Å². The van der Waals surface area contributed by atoms with Crippen LogP contribution in [0.15, 0.2) is 0 Å². The van der Waals surface area contributed by atoms with Gasteiger partial charge in [0.05, 0.1) is 0 Å². The summed E-state index contributed by atoms with van der Waals surface area (Å²) in [5.41, 5.74) is 0. The Morgan fingerprint density at radius 1 is 1.20 bits per heavy atom. The minimum absolute atomic E-state index is 0.265. The first kappa shape index (κ1) is 14.4. The Hall–Kier alpha value is -0.570. The van der Waals surface area contributed by atoms with E-state index in [2.05, 4.69) is 33.0 Å². The number of nitrogens with one attached hydrogen (secondary N) is 1. The summed E-state index contributed by atoms with van der Waals surface area (Å²) in [6, 6.07) is 0. The molecule has 0 aromatic heterocycles. The number of carboxylic acids is 1. The Balaban J connectivity index is 3.59. The molecular weight excluding hydrogens is 190 g/mol. The van der Waals surface area contributed by atoms with Crippen molar-refractivity contribution in [3.05, 3.63) is 0 Å². The molecule has 90 valence electrons. The average Bonchev–Trinajstić information content (AvgIpc) is 2.08. The van der Waals surface area contributed by atoms with Crippen molar-refractivity contribution < 1.29 is 9.90 Å². The molecule has 0 bridgehead atoms. The predicted octanol–water partition coefficient (Wildman–Crippen LogP) is 2.37. The Labute approximate surface area is 93.3 Å². The molecule has 0 atom stereocenters. The van der Waals surface area contributed by atoms with Crippen molar-refractivity contribution >= 4 is 5.97 Å². The van der Waals surface area contributed by atoms with Crippen LogP contribution in [0.5, 0.6) is 0 Å². The smallest absolute Gasteiger partial charge is 0.303 e. The van der Waals surface area contributed by atoms with E-state index in [1.54, 1.807) is 0 Å². The summed E-state index contributed by atoms with van der Waals surface area (Å²) in [6.07, 6.45) is 0.985. The first-order chi connectivity index (χ1) is 6.95. The fourth-order valence-electron chi connectivity index (χ4n) is 1.87. The molecule has 0 saturated heterocycles. The normalized spacial score (nSPS) is 11.7. The lowest BCUT2D eigenvalue weighted by atomic mass is 9.85. The molecule has 0 amide bonds. The molecule has 0 rings (SSSR count). The van der Waals surface area contributed by atoms with Crippen molar-refractivity contribution in [3.63, 3.8) is 0 Å². The van der Waals surface area contributed by atoms with Crippen LogP contribution in [0.4, 0.5) is 0 Å². The standard InChI is InChI=1S/C12H25NO2/c1-9(2)11(10(3)4)8-13-7-5-6-12(14)15/h9-11,13H,5-8H2,1-4H3,(H,14,15). The van der Waals surface area contributed by atoms with E-state index in [9.17, 15) is 4.79 Å². The van der Waals surface area contributed by atoms with E-state index in [0.717, 1.165) is 19.5 Å². The second kappa shape index (κ2) is 7.69. The van der Waals surface area contributed by atoms with E-state index in [4.69, 9.17) is 5.11 Å². The molecule has 0 aromatic rings. The van der Waals surface area contributed by atoms with Crippen LogP contribution in [0.1, 0.15) is 40.5 Å². The van der Waals surface area contributed by atoms with Crippen LogP contribution in [0.25, 0.3) is 0 Å². The zero-order valence-corrected chi connectivity index (χ0v) is 10.4. The van der Waals surface area contributed by atoms with Gasteiger partial charge in [0.1, 0.15) is 0 Å². The summed E-state index contributed by atoms with van der Waals surface area (Å²) >= 11 is 0. The topological polar surface area (TPSA) is 49.3 Å². The maximum absolute atomic E-state index is 10.3. The molecule has 0 aromatic carbocycles. The number of carbonyl (C=O) groups is 1. The largest absolute Gasteiger partial charge is 0.481 e. The van der Waals surface area contributed by atoms with Gasteiger partial charge < -0.3 is 10.4 Å². The van der Waals surface area contributed by atoms with Gasteiger partial charge in [0.2, 0.25) is 0 Å². The molecule has 0 aliphatic carbocycles. The van der Waals surface area contributed by atoms with Crippen LogP contribution in [-0.2, 0) is 4.79 Å². The molecular formula is C12H25NO2. The van der Waals surface area contributed by atoms with Gasteiger partial charge in [0.15, 0.2) is 0 Å². The van der Waals surface area contributed by atoms with Crippen LogP contribution in [0.2, 0.25) is 0 Å². The maximum atomic E-state index is 10.3. The lowest BCUT2D eigenvalue weighted by Gasteiger charge is -2.25. The van der Waals surface area contributed by atoms with Crippen LogP contribution in [0, 0.1) is 17.8 Å². The predicted molar refractivity (Wildman–Crippen MR) is 62.9 cm³/mol. The molecule has 0 saturated carbocycles. The number of aliphatic carboxylic acids is 1. The van der Waals surface area contributed by atoms with Crippen molar-refractivity contribution in [2.24, 2.45) is 17.8 Å². The third kappa shape index (κ3) is 7.37. The summed E-state index contributed by atoms with van der Waals surface area (Å²) in [6.45, 7) is 10.8. The van der Waals surface area contributed by atoms with Crippen LogP contribution >= 0.6 is 0 Å². The zero-order valence-electron chi connectivity index (χ0n) is 10.4. The molecule has 3 heteroatoms. The monoisotopic (exact) mass is 215 g/mol. The van der Waals surface area contributed by atoms with E-state index in [1.807, 2.05) is 0 Å². The molecule has 15 heavy (non-hydrogen) atoms. The van der Waals surface area contributed by atoms with Crippen molar-refractivity contribution in [3.8, 4) is 0 Å². The highest BCUT2D eigenvalue weighted by Gasteiger charge is 2.16. The molecule has 2 N–H and O–H groups in total. The molecule has 0 aliphatic rings. The van der Waals surface area contributed by atoms with Crippen LogP contribution in [0.3, 0.4) is 0 Å². The summed E-state index contributed by atoms with van der Waals surface area (Å²) < 4.78 is 0. The number of hydrogen-bond acceptors (Lipinski definition) is 2. The third-order valence-electron chi connectivity index (χ3n) is 2.84. The van der Waals surface area contributed by atoms with E-state index in [1.165, 1.54) is 0 Å². The average molecular weight is 215 g/mol. The second-order valence-electron chi connectivity index (χ2n) is 4.85. The fraction of sp³-hybridized carbons (Fsp3) is 0.917. The minimum atomic E-state index is -0.707. The van der Waals surface area contributed by atoms with Gasteiger partial charge in [0, 0.05) is 6.42 Å². The van der Waals surface area contributed by atoms with E-state index in [-0.39, 0.29) is 6.42 Å². The molecule has 0 spiro atoms. The summed E-state index contributed by atoms with van der Waals surface area (Å²) in [4.78, 5) is 10.3. The Bertz CT molecular complexity index is 170. The minimum Gasteiger partial charge on any atom is -0.481 e. The molecule has 0 fully saturated rings. The maximum Gasteiger partial charge on any atom is 0.303 e. The van der Waals surface area contributed by atoms with Gasteiger partial charge in [-0.05, 0) is 37.3 Å².